The molecule has 2 aromatic rings. The summed E-state index contributed by atoms with van der Waals surface area (Å²) in [5.41, 5.74) is 2.11. The molecule has 0 radical (unpaired) electrons. The molecule has 3 heterocycles. The molecule has 1 aliphatic heterocycles. The summed E-state index contributed by atoms with van der Waals surface area (Å²) in [5, 5.41) is 3.23. The zero-order valence-corrected chi connectivity index (χ0v) is 8.27. The van der Waals surface area contributed by atoms with Gasteiger partial charge < -0.3 is 10.3 Å². The Morgan fingerprint density at radius 2 is 2.20 bits per heavy atom. The summed E-state index contributed by atoms with van der Waals surface area (Å²) >= 11 is 0. The molecule has 0 unspecified atom stereocenters. The average Bonchev–Trinajstić information content (AvgIpc) is 2.68. The topological polar surface area (TPSA) is 53.6 Å². The van der Waals surface area contributed by atoms with E-state index in [-0.39, 0.29) is 0 Å². The van der Waals surface area contributed by atoms with Crippen LogP contribution < -0.4 is 5.32 Å². The van der Waals surface area contributed by atoms with E-state index in [9.17, 15) is 0 Å². The zero-order valence-electron chi connectivity index (χ0n) is 8.27. The normalized spacial score (nSPS) is 16.3. The van der Waals surface area contributed by atoms with E-state index < -0.39 is 0 Å². The fraction of sp³-hybridized carbons (Fsp3) is 0.273. The van der Waals surface area contributed by atoms with Crippen LogP contribution in [0.3, 0.4) is 0 Å². The monoisotopic (exact) mass is 200 g/mol. The second-order valence-electron chi connectivity index (χ2n) is 3.75. The second kappa shape index (κ2) is 3.47. The molecule has 4 heteroatoms. The van der Waals surface area contributed by atoms with E-state index in [1.54, 1.807) is 0 Å². The predicted octanol–water partition coefficient (Wildman–Crippen LogP) is 1.16. The highest BCUT2D eigenvalue weighted by Gasteiger charge is 2.21. The molecule has 1 fully saturated rings. The van der Waals surface area contributed by atoms with Crippen LogP contribution in [0.5, 0.6) is 0 Å². The molecule has 15 heavy (non-hydrogen) atoms. The van der Waals surface area contributed by atoms with E-state index in [1.807, 2.05) is 30.7 Å². The minimum Gasteiger partial charge on any atom is -0.367 e. The van der Waals surface area contributed by atoms with Gasteiger partial charge in [-0.05, 0) is 12.1 Å². The molecule has 4 nitrogen and oxygen atoms in total. The van der Waals surface area contributed by atoms with Crippen molar-refractivity contribution in [3.8, 4) is 11.3 Å². The molecule has 2 N–H and O–H groups in total. The highest BCUT2D eigenvalue weighted by atomic mass is 15.0. The summed E-state index contributed by atoms with van der Waals surface area (Å²) < 4.78 is 0. The van der Waals surface area contributed by atoms with Crippen LogP contribution in [0.15, 0.2) is 30.7 Å². The van der Waals surface area contributed by atoms with Crippen molar-refractivity contribution >= 4 is 0 Å². The first-order chi connectivity index (χ1) is 7.43. The maximum absolute atomic E-state index is 4.57. The van der Waals surface area contributed by atoms with Crippen molar-refractivity contribution < 1.29 is 0 Å². The highest BCUT2D eigenvalue weighted by molar-refractivity contribution is 5.57. The van der Waals surface area contributed by atoms with Gasteiger partial charge in [0.05, 0.1) is 5.69 Å². The summed E-state index contributed by atoms with van der Waals surface area (Å²) in [6, 6.07) is 3.96. The van der Waals surface area contributed by atoms with Crippen LogP contribution in [0, 0.1) is 0 Å². The average molecular weight is 200 g/mol. The lowest BCUT2D eigenvalue weighted by Crippen LogP contribution is -2.40. The van der Waals surface area contributed by atoms with Crippen LogP contribution in [0.2, 0.25) is 0 Å². The van der Waals surface area contributed by atoms with E-state index in [0.29, 0.717) is 5.92 Å². The van der Waals surface area contributed by atoms with Gasteiger partial charge in [0.25, 0.3) is 0 Å². The fourth-order valence-electron chi connectivity index (χ4n) is 1.69. The Morgan fingerprint density at radius 3 is 2.87 bits per heavy atom. The molecule has 3 rings (SSSR count). The van der Waals surface area contributed by atoms with Gasteiger partial charge in [0.1, 0.15) is 5.82 Å². The van der Waals surface area contributed by atoms with Crippen LogP contribution in [-0.2, 0) is 0 Å². The lowest BCUT2D eigenvalue weighted by atomic mass is 10.0. The summed E-state index contributed by atoms with van der Waals surface area (Å²) in [5.74, 6) is 1.44. The van der Waals surface area contributed by atoms with Gasteiger partial charge in [-0.2, -0.15) is 0 Å². The van der Waals surface area contributed by atoms with Crippen LogP contribution >= 0.6 is 0 Å². The molecule has 1 aliphatic rings. The molecule has 0 spiro atoms. The Morgan fingerprint density at radius 1 is 1.27 bits per heavy atom. The molecule has 0 saturated carbocycles. The quantitative estimate of drug-likeness (QED) is 0.764. The summed E-state index contributed by atoms with van der Waals surface area (Å²) in [4.78, 5) is 11.9. The first kappa shape index (κ1) is 8.61. The van der Waals surface area contributed by atoms with Crippen molar-refractivity contribution in [1.29, 1.82) is 0 Å². The number of H-pyrrole nitrogens is 1. The second-order valence-corrected chi connectivity index (χ2v) is 3.75. The smallest absolute Gasteiger partial charge is 0.134 e. The summed E-state index contributed by atoms with van der Waals surface area (Å²) in [7, 11) is 0. The molecular formula is C11H12N4. The zero-order chi connectivity index (χ0) is 10.1. The minimum absolute atomic E-state index is 0.490. The lowest BCUT2D eigenvalue weighted by Gasteiger charge is -2.25. The number of aromatic nitrogens is 3. The van der Waals surface area contributed by atoms with Crippen molar-refractivity contribution in [1.82, 2.24) is 20.3 Å². The van der Waals surface area contributed by atoms with E-state index >= 15 is 0 Å². The molecule has 2 aromatic heterocycles. The van der Waals surface area contributed by atoms with Gasteiger partial charge in [0.2, 0.25) is 0 Å². The van der Waals surface area contributed by atoms with E-state index in [4.69, 9.17) is 0 Å². The summed E-state index contributed by atoms with van der Waals surface area (Å²) in [6.07, 6.45) is 5.69. The number of hydrogen-bond donors (Lipinski definition) is 2. The van der Waals surface area contributed by atoms with E-state index in [2.05, 4.69) is 20.3 Å². The fourth-order valence-corrected chi connectivity index (χ4v) is 1.69. The molecule has 76 valence electrons. The van der Waals surface area contributed by atoms with E-state index in [0.717, 1.165) is 30.2 Å². The Hall–Kier alpha value is -1.68. The maximum atomic E-state index is 4.57. The van der Waals surface area contributed by atoms with Gasteiger partial charge >= 0.3 is 0 Å². The van der Waals surface area contributed by atoms with Crippen LogP contribution in [0.1, 0.15) is 11.7 Å². The molecule has 0 bridgehead atoms. The molecule has 1 saturated heterocycles. The third-order valence-corrected chi connectivity index (χ3v) is 2.71. The third-order valence-electron chi connectivity index (χ3n) is 2.71. The van der Waals surface area contributed by atoms with Gasteiger partial charge in [0, 0.05) is 43.2 Å². The number of nitrogens with one attached hydrogen (secondary N) is 2. The molecular weight excluding hydrogens is 188 g/mol. The predicted molar refractivity (Wildman–Crippen MR) is 57.4 cm³/mol. The van der Waals surface area contributed by atoms with Crippen LogP contribution in [0.4, 0.5) is 0 Å². The Labute approximate surface area is 87.8 Å². The Balaban J connectivity index is 1.95. The van der Waals surface area contributed by atoms with Gasteiger partial charge in [-0.15, -0.1) is 0 Å². The summed E-state index contributed by atoms with van der Waals surface area (Å²) in [6.45, 7) is 1.99. The van der Waals surface area contributed by atoms with Crippen molar-refractivity contribution in [3.63, 3.8) is 0 Å². The standard InChI is InChI=1S/C11H12N4/c1-3-12-5-8(1)10-2-4-14-11(15-10)9-6-13-7-9/h1-5,9,12-13H,6-7H2. The third kappa shape index (κ3) is 1.53. The van der Waals surface area contributed by atoms with Gasteiger partial charge in [-0.3, -0.25) is 0 Å². The minimum atomic E-state index is 0.490. The van der Waals surface area contributed by atoms with E-state index in [1.165, 1.54) is 0 Å². The molecule has 0 aliphatic carbocycles. The van der Waals surface area contributed by atoms with Crippen molar-refractivity contribution in [2.24, 2.45) is 0 Å². The van der Waals surface area contributed by atoms with Crippen LogP contribution in [-0.4, -0.2) is 28.0 Å². The molecule has 0 atom stereocenters. The number of rotatable bonds is 2. The Kier molecular flexibility index (Phi) is 1.99. The largest absolute Gasteiger partial charge is 0.367 e. The maximum Gasteiger partial charge on any atom is 0.134 e. The van der Waals surface area contributed by atoms with Gasteiger partial charge in [0.15, 0.2) is 0 Å². The SMILES string of the molecule is c1cc(-c2cc[nH]c2)nc(C2CNC2)n1. The van der Waals surface area contributed by atoms with Crippen molar-refractivity contribution in [2.45, 2.75) is 5.92 Å². The molecule has 0 aromatic carbocycles. The van der Waals surface area contributed by atoms with Crippen molar-refractivity contribution in [3.05, 3.63) is 36.5 Å². The number of nitrogens with zero attached hydrogens (tertiary/aromatic N) is 2. The van der Waals surface area contributed by atoms with Gasteiger partial charge in [-0.1, -0.05) is 0 Å². The van der Waals surface area contributed by atoms with Crippen molar-refractivity contribution in [2.75, 3.05) is 13.1 Å². The highest BCUT2D eigenvalue weighted by Crippen LogP contribution is 2.20. The Bertz CT molecular complexity index is 445. The number of aromatic amines is 1. The van der Waals surface area contributed by atoms with Gasteiger partial charge in [-0.25, -0.2) is 9.97 Å². The molecule has 0 amide bonds. The lowest BCUT2D eigenvalue weighted by molar-refractivity contribution is 0.430. The number of hydrogen-bond acceptors (Lipinski definition) is 3. The first-order valence-corrected chi connectivity index (χ1v) is 5.10. The van der Waals surface area contributed by atoms with Crippen LogP contribution in [0.25, 0.3) is 11.3 Å². The first-order valence-electron chi connectivity index (χ1n) is 5.10.